The second-order valence-corrected chi connectivity index (χ2v) is 8.12. The highest BCUT2D eigenvalue weighted by molar-refractivity contribution is 7.98. The van der Waals surface area contributed by atoms with Gasteiger partial charge in [-0.25, -0.2) is 14.6 Å². The van der Waals surface area contributed by atoms with E-state index in [1.54, 1.807) is 6.20 Å². The van der Waals surface area contributed by atoms with Crippen molar-refractivity contribution in [1.29, 1.82) is 0 Å². The van der Waals surface area contributed by atoms with Crippen molar-refractivity contribution in [1.82, 2.24) is 25.1 Å². The van der Waals surface area contributed by atoms with Gasteiger partial charge in [0.1, 0.15) is 5.82 Å². The van der Waals surface area contributed by atoms with Gasteiger partial charge in [-0.05, 0) is 31.9 Å². The van der Waals surface area contributed by atoms with Gasteiger partial charge in [0.15, 0.2) is 10.8 Å². The number of hydrogen-bond acceptors (Lipinski definition) is 7. The molecule has 1 aliphatic carbocycles. The SMILES string of the molecule is CCOCCNc1nc(SC)nc2c1cnn2CCNC(=O)CC1CCCCC1. The molecule has 9 heteroatoms. The van der Waals surface area contributed by atoms with Gasteiger partial charge in [-0.3, -0.25) is 4.79 Å². The van der Waals surface area contributed by atoms with Crippen molar-refractivity contribution in [3.05, 3.63) is 6.20 Å². The molecule has 1 saturated carbocycles. The minimum absolute atomic E-state index is 0.145. The number of ether oxygens (including phenoxy) is 1. The molecule has 0 aromatic carbocycles. The number of carbonyl (C=O) groups excluding carboxylic acids is 1. The number of amides is 1. The summed E-state index contributed by atoms with van der Waals surface area (Å²) in [5.74, 6) is 1.47. The van der Waals surface area contributed by atoms with E-state index in [-0.39, 0.29) is 5.91 Å². The minimum atomic E-state index is 0.145. The molecule has 0 spiro atoms. The molecule has 2 heterocycles. The van der Waals surface area contributed by atoms with Gasteiger partial charge in [0.05, 0.1) is 24.7 Å². The molecule has 3 rings (SSSR count). The van der Waals surface area contributed by atoms with Crippen LogP contribution in [0.1, 0.15) is 45.4 Å². The maximum Gasteiger partial charge on any atom is 0.220 e. The van der Waals surface area contributed by atoms with E-state index in [1.165, 1.54) is 43.9 Å². The molecule has 0 bridgehead atoms. The van der Waals surface area contributed by atoms with Crippen molar-refractivity contribution in [2.75, 3.05) is 37.9 Å². The van der Waals surface area contributed by atoms with E-state index < -0.39 is 0 Å². The van der Waals surface area contributed by atoms with Crippen LogP contribution >= 0.6 is 11.8 Å². The van der Waals surface area contributed by atoms with Crippen LogP contribution in [0.15, 0.2) is 11.4 Å². The Morgan fingerprint density at radius 1 is 1.28 bits per heavy atom. The maximum absolute atomic E-state index is 12.2. The van der Waals surface area contributed by atoms with E-state index in [2.05, 4.69) is 25.7 Å². The Labute approximate surface area is 176 Å². The highest BCUT2D eigenvalue weighted by atomic mass is 32.2. The standard InChI is InChI=1S/C20H32N6O2S/c1-3-28-12-10-22-18-16-14-23-26(19(16)25-20(24-18)29-2)11-9-21-17(27)13-15-7-5-4-6-8-15/h14-15H,3-13H2,1-2H3,(H,21,27)(H,22,24,25). The molecule has 29 heavy (non-hydrogen) atoms. The number of carbonyl (C=O) groups is 1. The summed E-state index contributed by atoms with van der Waals surface area (Å²) in [6.45, 7) is 5.11. The number of nitrogens with zero attached hydrogens (tertiary/aromatic N) is 4. The molecular weight excluding hydrogens is 388 g/mol. The first-order valence-electron chi connectivity index (χ1n) is 10.6. The number of nitrogens with one attached hydrogen (secondary N) is 2. The van der Waals surface area contributed by atoms with Crippen molar-refractivity contribution in [2.24, 2.45) is 5.92 Å². The molecule has 2 N–H and O–H groups in total. The largest absolute Gasteiger partial charge is 0.380 e. The highest BCUT2D eigenvalue weighted by Gasteiger charge is 2.17. The zero-order valence-electron chi connectivity index (χ0n) is 17.4. The first kappa shape index (κ1) is 21.8. The lowest BCUT2D eigenvalue weighted by Crippen LogP contribution is -2.29. The molecular formula is C20H32N6O2S. The summed E-state index contributed by atoms with van der Waals surface area (Å²) in [6.07, 6.45) is 10.6. The van der Waals surface area contributed by atoms with Crippen molar-refractivity contribution < 1.29 is 9.53 Å². The lowest BCUT2D eigenvalue weighted by Gasteiger charge is -2.20. The number of fused-ring (bicyclic) bond motifs is 1. The van der Waals surface area contributed by atoms with Crippen LogP contribution < -0.4 is 10.6 Å². The number of thioether (sulfide) groups is 1. The summed E-state index contributed by atoms with van der Waals surface area (Å²) < 4.78 is 7.23. The summed E-state index contributed by atoms with van der Waals surface area (Å²) in [6, 6.07) is 0. The molecule has 0 unspecified atom stereocenters. The molecule has 1 aliphatic rings. The van der Waals surface area contributed by atoms with Gasteiger partial charge in [-0.1, -0.05) is 31.0 Å². The second-order valence-electron chi connectivity index (χ2n) is 7.35. The zero-order valence-corrected chi connectivity index (χ0v) is 18.3. The van der Waals surface area contributed by atoms with Crippen LogP contribution in [-0.2, 0) is 16.1 Å². The average Bonchev–Trinajstić information content (AvgIpc) is 3.15. The normalized spacial score (nSPS) is 15.0. The van der Waals surface area contributed by atoms with E-state index in [9.17, 15) is 4.79 Å². The van der Waals surface area contributed by atoms with E-state index in [0.717, 1.165) is 16.9 Å². The van der Waals surface area contributed by atoms with Crippen LogP contribution in [0.25, 0.3) is 11.0 Å². The molecule has 2 aromatic heterocycles. The van der Waals surface area contributed by atoms with Gasteiger partial charge < -0.3 is 15.4 Å². The number of anilines is 1. The van der Waals surface area contributed by atoms with Gasteiger partial charge in [0, 0.05) is 26.1 Å². The number of aromatic nitrogens is 4. The zero-order chi connectivity index (χ0) is 20.5. The Bertz CT molecular complexity index is 791. The van der Waals surface area contributed by atoms with E-state index in [0.29, 0.717) is 50.3 Å². The molecule has 2 aromatic rings. The smallest absolute Gasteiger partial charge is 0.220 e. The maximum atomic E-state index is 12.2. The third-order valence-electron chi connectivity index (χ3n) is 5.25. The Balaban J connectivity index is 1.58. The van der Waals surface area contributed by atoms with E-state index in [1.807, 2.05) is 17.9 Å². The van der Waals surface area contributed by atoms with Gasteiger partial charge in [-0.2, -0.15) is 5.10 Å². The van der Waals surface area contributed by atoms with Gasteiger partial charge >= 0.3 is 0 Å². The van der Waals surface area contributed by atoms with E-state index >= 15 is 0 Å². The third kappa shape index (κ3) is 6.30. The van der Waals surface area contributed by atoms with Crippen LogP contribution in [-0.4, -0.2) is 58.2 Å². The fourth-order valence-corrected chi connectivity index (χ4v) is 4.10. The van der Waals surface area contributed by atoms with Crippen LogP contribution in [0.3, 0.4) is 0 Å². The summed E-state index contributed by atoms with van der Waals surface area (Å²) in [5.41, 5.74) is 0.782. The molecule has 8 nitrogen and oxygen atoms in total. The fraction of sp³-hybridized carbons (Fsp3) is 0.700. The molecule has 160 valence electrons. The molecule has 1 fully saturated rings. The molecule has 0 radical (unpaired) electrons. The van der Waals surface area contributed by atoms with Crippen molar-refractivity contribution in [3.8, 4) is 0 Å². The van der Waals surface area contributed by atoms with Crippen molar-refractivity contribution in [3.63, 3.8) is 0 Å². The summed E-state index contributed by atoms with van der Waals surface area (Å²) >= 11 is 1.50. The first-order chi connectivity index (χ1) is 14.2. The summed E-state index contributed by atoms with van der Waals surface area (Å²) in [5, 5.41) is 12.4. The Kier molecular flexibility index (Phi) is 8.54. The van der Waals surface area contributed by atoms with Crippen LogP contribution in [0.4, 0.5) is 5.82 Å². The lowest BCUT2D eigenvalue weighted by atomic mass is 9.87. The average molecular weight is 421 g/mol. The predicted octanol–water partition coefficient (Wildman–Crippen LogP) is 3.08. The predicted molar refractivity (Wildman–Crippen MR) is 116 cm³/mol. The van der Waals surface area contributed by atoms with Crippen LogP contribution in [0, 0.1) is 5.92 Å². The number of rotatable bonds is 11. The highest BCUT2D eigenvalue weighted by Crippen LogP contribution is 2.26. The molecule has 0 saturated heterocycles. The Hall–Kier alpha value is -1.87. The van der Waals surface area contributed by atoms with Crippen molar-refractivity contribution >= 4 is 34.5 Å². The Morgan fingerprint density at radius 3 is 2.86 bits per heavy atom. The quantitative estimate of drug-likeness (QED) is 0.328. The van der Waals surface area contributed by atoms with Gasteiger partial charge in [0.2, 0.25) is 5.91 Å². The summed E-state index contributed by atoms with van der Waals surface area (Å²) in [7, 11) is 0. The fourth-order valence-electron chi connectivity index (χ4n) is 3.74. The lowest BCUT2D eigenvalue weighted by molar-refractivity contribution is -0.122. The van der Waals surface area contributed by atoms with Gasteiger partial charge in [0.25, 0.3) is 0 Å². The topological polar surface area (TPSA) is 94.0 Å². The molecule has 1 amide bonds. The molecule has 0 aliphatic heterocycles. The van der Waals surface area contributed by atoms with Crippen LogP contribution in [0.2, 0.25) is 0 Å². The first-order valence-corrected chi connectivity index (χ1v) is 11.8. The minimum Gasteiger partial charge on any atom is -0.380 e. The summed E-state index contributed by atoms with van der Waals surface area (Å²) in [4.78, 5) is 21.4. The van der Waals surface area contributed by atoms with Crippen molar-refractivity contribution in [2.45, 2.75) is 57.1 Å². The molecule has 0 atom stereocenters. The number of hydrogen-bond donors (Lipinski definition) is 2. The Morgan fingerprint density at radius 2 is 2.10 bits per heavy atom. The van der Waals surface area contributed by atoms with E-state index in [4.69, 9.17) is 4.74 Å². The van der Waals surface area contributed by atoms with Gasteiger partial charge in [-0.15, -0.1) is 0 Å². The third-order valence-corrected chi connectivity index (χ3v) is 5.79. The van der Waals surface area contributed by atoms with Crippen LogP contribution in [0.5, 0.6) is 0 Å². The monoisotopic (exact) mass is 420 g/mol. The second kappa shape index (κ2) is 11.3.